The molecule has 6 heteroatoms. The van der Waals surface area contributed by atoms with Crippen LogP contribution in [0.4, 0.5) is 0 Å². The fourth-order valence-electron chi connectivity index (χ4n) is 0.110. The summed E-state index contributed by atoms with van der Waals surface area (Å²) in [7, 11) is 0. The summed E-state index contributed by atoms with van der Waals surface area (Å²) >= 11 is 2.69. The number of carbonyl (C=O) groups is 1. The van der Waals surface area contributed by atoms with Gasteiger partial charge in [0.05, 0.1) is 0 Å². The van der Waals surface area contributed by atoms with Crippen LogP contribution in [0.2, 0.25) is 0 Å². The van der Waals surface area contributed by atoms with Gasteiger partial charge >= 0.3 is 5.97 Å². The van der Waals surface area contributed by atoms with E-state index < -0.39 is 10.9 Å². The number of hydrogen-bond acceptors (Lipinski definition) is 4. The Morgan fingerprint density at radius 3 is 2.62 bits per heavy atom. The molecule has 4 N–H and O–H groups in total. The van der Waals surface area contributed by atoms with E-state index in [1.165, 1.54) is 0 Å². The first kappa shape index (κ1) is 7.83. The maximum atomic E-state index is 9.84. The number of aliphatic carboxylic acids is 1. The molecule has 0 aromatic rings. The van der Waals surface area contributed by atoms with E-state index in [1.54, 1.807) is 0 Å². The second-order valence-electron chi connectivity index (χ2n) is 0.936. The van der Waals surface area contributed by atoms with Crippen LogP contribution < -0.4 is 11.4 Å². The SMILES string of the molecule is NONC(Br)C(=O)O. The Balaban J connectivity index is 3.32. The maximum absolute atomic E-state index is 9.84. The van der Waals surface area contributed by atoms with Crippen molar-refractivity contribution < 1.29 is 14.8 Å². The highest BCUT2D eigenvalue weighted by Crippen LogP contribution is 1.91. The van der Waals surface area contributed by atoms with Gasteiger partial charge in [-0.15, -0.1) is 0 Å². The van der Waals surface area contributed by atoms with Gasteiger partial charge in [0, 0.05) is 0 Å². The third-order valence-electron chi connectivity index (χ3n) is 0.388. The Kier molecular flexibility index (Phi) is 3.71. The van der Waals surface area contributed by atoms with Gasteiger partial charge in [-0.2, -0.15) is 11.4 Å². The van der Waals surface area contributed by atoms with Gasteiger partial charge in [0.2, 0.25) is 0 Å². The average Bonchev–Trinajstić information content (AvgIpc) is 1.67. The van der Waals surface area contributed by atoms with Gasteiger partial charge in [0.1, 0.15) is 0 Å². The van der Waals surface area contributed by atoms with Crippen LogP contribution >= 0.6 is 15.9 Å². The maximum Gasteiger partial charge on any atom is 0.334 e. The molecule has 48 valence electrons. The molecule has 0 aromatic carbocycles. The van der Waals surface area contributed by atoms with E-state index in [0.717, 1.165) is 0 Å². The summed E-state index contributed by atoms with van der Waals surface area (Å²) in [6.07, 6.45) is 0. The van der Waals surface area contributed by atoms with Gasteiger partial charge in [0.25, 0.3) is 0 Å². The molecule has 0 aliphatic heterocycles. The molecule has 0 aromatic heterocycles. The zero-order valence-corrected chi connectivity index (χ0v) is 5.38. The van der Waals surface area contributed by atoms with E-state index in [9.17, 15) is 4.79 Å². The summed E-state index contributed by atoms with van der Waals surface area (Å²) in [5.74, 6) is 3.38. The van der Waals surface area contributed by atoms with E-state index in [-0.39, 0.29) is 0 Å². The van der Waals surface area contributed by atoms with Crippen molar-refractivity contribution in [1.29, 1.82) is 0 Å². The van der Waals surface area contributed by atoms with E-state index in [0.29, 0.717) is 0 Å². The van der Waals surface area contributed by atoms with Gasteiger partial charge in [-0.1, -0.05) is 15.9 Å². The first-order valence-electron chi connectivity index (χ1n) is 1.66. The minimum Gasteiger partial charge on any atom is -0.479 e. The third-order valence-corrected chi connectivity index (χ3v) is 0.967. The fraction of sp³-hybridized carbons (Fsp3) is 0.500. The molecule has 0 saturated heterocycles. The van der Waals surface area contributed by atoms with Crippen LogP contribution in [0.25, 0.3) is 0 Å². The van der Waals surface area contributed by atoms with Crippen LogP contribution in [0.15, 0.2) is 0 Å². The number of nitrogens with two attached hydrogens (primary N) is 1. The summed E-state index contributed by atoms with van der Waals surface area (Å²) in [5, 5.41) is 8.07. The van der Waals surface area contributed by atoms with Gasteiger partial charge in [-0.25, -0.2) is 9.73 Å². The van der Waals surface area contributed by atoms with E-state index in [2.05, 4.69) is 26.8 Å². The smallest absolute Gasteiger partial charge is 0.334 e. The molecule has 0 aliphatic rings. The number of nitrogens with one attached hydrogen (secondary N) is 1. The third kappa shape index (κ3) is 2.92. The molecule has 0 spiro atoms. The molecule has 5 nitrogen and oxygen atoms in total. The number of carboxylic acid groups (broad SMARTS) is 1. The topological polar surface area (TPSA) is 84.6 Å². The molecule has 0 amide bonds. The van der Waals surface area contributed by atoms with Crippen LogP contribution in [0.5, 0.6) is 0 Å². The van der Waals surface area contributed by atoms with Crippen molar-refractivity contribution in [1.82, 2.24) is 5.48 Å². The second kappa shape index (κ2) is 3.79. The standard InChI is InChI=1S/C2H5BrN2O3/c3-1(2(6)7)5-8-4/h1,5H,4H2,(H,6,7). The molecule has 0 rings (SSSR count). The molecule has 0 radical (unpaired) electrons. The van der Waals surface area contributed by atoms with E-state index in [1.807, 2.05) is 5.48 Å². The first-order chi connectivity index (χ1) is 3.68. The molecule has 1 unspecified atom stereocenters. The van der Waals surface area contributed by atoms with Crippen LogP contribution in [0.3, 0.4) is 0 Å². The largest absolute Gasteiger partial charge is 0.479 e. The molecule has 0 fully saturated rings. The Hall–Kier alpha value is -0.170. The quantitative estimate of drug-likeness (QED) is 0.304. The highest BCUT2D eigenvalue weighted by molar-refractivity contribution is 9.09. The summed E-state index contributed by atoms with van der Waals surface area (Å²) < 4.78 is 0. The minimum absolute atomic E-state index is 0.951. The lowest BCUT2D eigenvalue weighted by Crippen LogP contribution is -2.33. The molecule has 0 saturated carbocycles. The van der Waals surface area contributed by atoms with E-state index in [4.69, 9.17) is 5.11 Å². The van der Waals surface area contributed by atoms with Gasteiger partial charge in [-0.05, 0) is 0 Å². The summed E-state index contributed by atoms with van der Waals surface area (Å²) in [6.45, 7) is 0. The number of hydrogen-bond donors (Lipinski definition) is 3. The molecular weight excluding hydrogens is 180 g/mol. The van der Waals surface area contributed by atoms with Crippen LogP contribution in [0.1, 0.15) is 0 Å². The lowest BCUT2D eigenvalue weighted by Gasteiger charge is -2.00. The highest BCUT2D eigenvalue weighted by atomic mass is 79.9. The van der Waals surface area contributed by atoms with Gasteiger partial charge in [-0.3, -0.25) is 0 Å². The Morgan fingerprint density at radius 2 is 2.50 bits per heavy atom. The normalized spacial score (nSPS) is 13.2. The second-order valence-corrected chi connectivity index (χ2v) is 1.85. The molecule has 1 atom stereocenters. The lowest BCUT2D eigenvalue weighted by molar-refractivity contribution is -0.140. The lowest BCUT2D eigenvalue weighted by atomic mass is 10.7. The van der Waals surface area contributed by atoms with Crippen molar-refractivity contribution in [3.63, 3.8) is 0 Å². The molecule has 0 bridgehead atoms. The monoisotopic (exact) mass is 184 g/mol. The molecule has 0 heterocycles. The number of alkyl halides is 1. The van der Waals surface area contributed by atoms with Crippen molar-refractivity contribution in [2.24, 2.45) is 5.90 Å². The zero-order valence-electron chi connectivity index (χ0n) is 3.80. The summed E-state index contributed by atoms with van der Waals surface area (Å²) in [5.41, 5.74) is 1.94. The van der Waals surface area contributed by atoms with Gasteiger partial charge in [0.15, 0.2) is 4.95 Å². The first-order valence-corrected chi connectivity index (χ1v) is 2.58. The Bertz CT molecular complexity index is 87.4. The molecule has 8 heavy (non-hydrogen) atoms. The number of carboxylic acids is 1. The van der Waals surface area contributed by atoms with Crippen molar-refractivity contribution in [2.75, 3.05) is 0 Å². The van der Waals surface area contributed by atoms with E-state index >= 15 is 0 Å². The summed E-state index contributed by atoms with van der Waals surface area (Å²) in [4.78, 5) is 12.7. The number of halogens is 1. The zero-order chi connectivity index (χ0) is 6.57. The van der Waals surface area contributed by atoms with Crippen molar-refractivity contribution in [2.45, 2.75) is 4.95 Å². The number of hydroxylamine groups is 1. The highest BCUT2D eigenvalue weighted by Gasteiger charge is 2.10. The van der Waals surface area contributed by atoms with Crippen LogP contribution in [-0.4, -0.2) is 16.0 Å². The van der Waals surface area contributed by atoms with Crippen LogP contribution in [0, 0.1) is 0 Å². The van der Waals surface area contributed by atoms with Crippen LogP contribution in [-0.2, 0) is 9.73 Å². The number of rotatable bonds is 3. The van der Waals surface area contributed by atoms with Crippen molar-refractivity contribution in [3.05, 3.63) is 0 Å². The average molecular weight is 185 g/mol. The Morgan fingerprint density at radius 1 is 2.00 bits per heavy atom. The Labute approximate surface area is 53.8 Å². The molecule has 0 aliphatic carbocycles. The van der Waals surface area contributed by atoms with Crippen molar-refractivity contribution in [3.8, 4) is 0 Å². The minimum atomic E-state index is -1.09. The fourth-order valence-corrected chi connectivity index (χ4v) is 0.218. The summed E-state index contributed by atoms with van der Waals surface area (Å²) in [6, 6.07) is 0. The predicted molar refractivity (Wildman–Crippen MR) is 28.8 cm³/mol. The van der Waals surface area contributed by atoms with Crippen molar-refractivity contribution >= 4 is 21.9 Å². The molecular formula is C2H5BrN2O3. The van der Waals surface area contributed by atoms with Gasteiger partial charge < -0.3 is 5.11 Å². The predicted octanol–water partition coefficient (Wildman–Crippen LogP) is -0.813.